The van der Waals surface area contributed by atoms with Gasteiger partial charge < -0.3 is 15.7 Å². The summed E-state index contributed by atoms with van der Waals surface area (Å²) >= 11 is 0. The van der Waals surface area contributed by atoms with Crippen LogP contribution in [0.2, 0.25) is 0 Å². The van der Waals surface area contributed by atoms with Crippen molar-refractivity contribution in [2.45, 2.75) is 11.8 Å². The lowest BCUT2D eigenvalue weighted by Crippen LogP contribution is -2.70. The first-order valence-corrected chi connectivity index (χ1v) is 4.15. The Bertz CT molecular complexity index is 261. The summed E-state index contributed by atoms with van der Waals surface area (Å²) in [5.74, 6) is -0.123. The van der Waals surface area contributed by atoms with E-state index < -0.39 is 11.8 Å². The molecular formula is C7H12F3N3O2. The predicted octanol–water partition coefficient (Wildman–Crippen LogP) is -0.00410. The van der Waals surface area contributed by atoms with Gasteiger partial charge in [-0.2, -0.15) is 13.2 Å². The van der Waals surface area contributed by atoms with Gasteiger partial charge in [-0.05, 0) is 0 Å². The molecular weight excluding hydrogens is 215 g/mol. The molecule has 0 aliphatic carbocycles. The molecule has 1 aliphatic rings. The van der Waals surface area contributed by atoms with Gasteiger partial charge in [-0.15, -0.1) is 0 Å². The fourth-order valence-corrected chi connectivity index (χ4v) is 1.47. The maximum absolute atomic E-state index is 12.5. The molecule has 0 amide bonds. The van der Waals surface area contributed by atoms with Crippen molar-refractivity contribution in [2.24, 2.45) is 10.9 Å². The summed E-state index contributed by atoms with van der Waals surface area (Å²) in [7, 11) is 1.02. The zero-order chi connectivity index (χ0) is 11.7. The van der Waals surface area contributed by atoms with Crippen LogP contribution in [-0.2, 0) is 4.74 Å². The summed E-state index contributed by atoms with van der Waals surface area (Å²) in [5, 5.41) is 10.9. The van der Waals surface area contributed by atoms with Gasteiger partial charge in [0.1, 0.15) is 0 Å². The van der Waals surface area contributed by atoms with Crippen molar-refractivity contribution in [1.29, 1.82) is 0 Å². The average Bonchev–Trinajstić information content (AvgIpc) is 2.07. The van der Waals surface area contributed by atoms with Gasteiger partial charge >= 0.3 is 6.18 Å². The van der Waals surface area contributed by atoms with Gasteiger partial charge in [-0.3, -0.25) is 4.90 Å². The first kappa shape index (κ1) is 12.1. The molecule has 0 aromatic rings. The lowest BCUT2D eigenvalue weighted by atomic mass is 9.93. The fraction of sp³-hybridized carbons (Fsp3) is 0.857. The highest BCUT2D eigenvalue weighted by molar-refractivity contribution is 5.81. The molecule has 88 valence electrons. The molecule has 5 nitrogen and oxygen atoms in total. The molecule has 15 heavy (non-hydrogen) atoms. The van der Waals surface area contributed by atoms with Gasteiger partial charge in [0, 0.05) is 20.2 Å². The van der Waals surface area contributed by atoms with Gasteiger partial charge in [0.15, 0.2) is 11.4 Å². The monoisotopic (exact) mass is 227 g/mol. The standard InChI is InChI=1S/C7H12F3N3O2/c1-15-6(7(8,9)10)3-13(4-6)2-5(11)12-14/h14H,2-4H2,1H3,(H2,11,12). The zero-order valence-electron chi connectivity index (χ0n) is 8.08. The van der Waals surface area contributed by atoms with Crippen molar-refractivity contribution < 1.29 is 23.1 Å². The summed E-state index contributed by atoms with van der Waals surface area (Å²) in [6.07, 6.45) is -4.40. The second-order valence-corrected chi connectivity index (χ2v) is 3.43. The lowest BCUT2D eigenvalue weighted by molar-refractivity contribution is -0.309. The molecule has 0 spiro atoms. The first-order chi connectivity index (χ1) is 6.84. The number of alkyl halides is 3. The van der Waals surface area contributed by atoms with E-state index in [1.807, 2.05) is 0 Å². The molecule has 0 atom stereocenters. The summed E-state index contributed by atoms with van der Waals surface area (Å²) in [6, 6.07) is 0. The van der Waals surface area contributed by atoms with Crippen LogP contribution in [-0.4, -0.2) is 54.5 Å². The van der Waals surface area contributed by atoms with Crippen LogP contribution in [0.1, 0.15) is 0 Å². The molecule has 0 bridgehead atoms. The molecule has 1 aliphatic heterocycles. The van der Waals surface area contributed by atoms with E-state index in [0.717, 1.165) is 7.11 Å². The Labute approximate surface area is 84.3 Å². The summed E-state index contributed by atoms with van der Waals surface area (Å²) < 4.78 is 41.9. The molecule has 3 N–H and O–H groups in total. The topological polar surface area (TPSA) is 71.1 Å². The Morgan fingerprint density at radius 1 is 1.60 bits per heavy atom. The molecule has 0 unspecified atom stereocenters. The Morgan fingerprint density at radius 2 is 2.13 bits per heavy atom. The number of likely N-dealkylation sites (tertiary alicyclic amines) is 1. The van der Waals surface area contributed by atoms with Gasteiger partial charge in [-0.1, -0.05) is 5.16 Å². The van der Waals surface area contributed by atoms with Gasteiger partial charge in [0.05, 0.1) is 6.54 Å². The number of hydrogen-bond acceptors (Lipinski definition) is 4. The van der Waals surface area contributed by atoms with Crippen molar-refractivity contribution in [1.82, 2.24) is 4.90 Å². The van der Waals surface area contributed by atoms with E-state index in [-0.39, 0.29) is 25.5 Å². The summed E-state index contributed by atoms with van der Waals surface area (Å²) in [4.78, 5) is 1.38. The third kappa shape index (κ3) is 2.15. The van der Waals surface area contributed by atoms with Crippen molar-refractivity contribution in [3.63, 3.8) is 0 Å². The van der Waals surface area contributed by atoms with Crippen LogP contribution in [0.25, 0.3) is 0 Å². The van der Waals surface area contributed by atoms with E-state index in [1.54, 1.807) is 0 Å². The minimum atomic E-state index is -4.40. The Hall–Kier alpha value is -1.02. The zero-order valence-corrected chi connectivity index (χ0v) is 8.08. The molecule has 1 heterocycles. The van der Waals surface area contributed by atoms with E-state index in [2.05, 4.69) is 9.89 Å². The largest absolute Gasteiger partial charge is 0.419 e. The minimum absolute atomic E-state index is 0.00229. The maximum atomic E-state index is 12.5. The minimum Gasteiger partial charge on any atom is -0.409 e. The van der Waals surface area contributed by atoms with Crippen LogP contribution in [0.4, 0.5) is 13.2 Å². The third-order valence-electron chi connectivity index (χ3n) is 2.38. The molecule has 1 saturated heterocycles. The number of oxime groups is 1. The maximum Gasteiger partial charge on any atom is 0.419 e. The van der Waals surface area contributed by atoms with Crippen molar-refractivity contribution >= 4 is 5.84 Å². The van der Waals surface area contributed by atoms with Gasteiger partial charge in [0.2, 0.25) is 0 Å². The van der Waals surface area contributed by atoms with Crippen molar-refractivity contribution in [3.05, 3.63) is 0 Å². The molecule has 1 fully saturated rings. The van der Waals surface area contributed by atoms with Crippen LogP contribution in [0.3, 0.4) is 0 Å². The summed E-state index contributed by atoms with van der Waals surface area (Å²) in [5.41, 5.74) is 3.05. The molecule has 8 heteroatoms. The van der Waals surface area contributed by atoms with Crippen LogP contribution in [0.5, 0.6) is 0 Å². The Morgan fingerprint density at radius 3 is 2.47 bits per heavy atom. The summed E-state index contributed by atoms with van der Waals surface area (Å²) in [6.45, 7) is -0.607. The van der Waals surface area contributed by atoms with Crippen LogP contribution in [0.15, 0.2) is 5.16 Å². The molecule has 0 aromatic carbocycles. The van der Waals surface area contributed by atoms with Crippen molar-refractivity contribution in [2.75, 3.05) is 26.7 Å². The molecule has 0 radical (unpaired) electrons. The molecule has 0 aromatic heterocycles. The van der Waals surface area contributed by atoms with Gasteiger partial charge in [-0.25, -0.2) is 0 Å². The number of nitrogens with two attached hydrogens (primary N) is 1. The Balaban J connectivity index is 2.53. The number of amidine groups is 1. The molecule has 0 saturated carbocycles. The third-order valence-corrected chi connectivity index (χ3v) is 2.38. The van der Waals surface area contributed by atoms with Gasteiger partial charge in [0.25, 0.3) is 0 Å². The SMILES string of the molecule is COC1(C(F)(F)F)CN(CC(N)=NO)C1. The van der Waals surface area contributed by atoms with E-state index in [0.29, 0.717) is 0 Å². The highest BCUT2D eigenvalue weighted by Gasteiger charge is 2.62. The lowest BCUT2D eigenvalue weighted by Gasteiger charge is -2.49. The van der Waals surface area contributed by atoms with E-state index in [4.69, 9.17) is 10.9 Å². The predicted molar refractivity (Wildman–Crippen MR) is 45.6 cm³/mol. The number of ether oxygens (including phenoxy) is 1. The highest BCUT2D eigenvalue weighted by Crippen LogP contribution is 2.40. The number of methoxy groups -OCH3 is 1. The van der Waals surface area contributed by atoms with Crippen LogP contribution < -0.4 is 5.73 Å². The quantitative estimate of drug-likeness (QED) is 0.308. The number of hydrogen-bond donors (Lipinski definition) is 2. The van der Waals surface area contributed by atoms with Crippen LogP contribution in [0, 0.1) is 0 Å². The van der Waals surface area contributed by atoms with E-state index in [9.17, 15) is 13.2 Å². The highest BCUT2D eigenvalue weighted by atomic mass is 19.4. The number of nitrogens with zero attached hydrogens (tertiary/aromatic N) is 2. The number of rotatable bonds is 3. The second kappa shape index (κ2) is 3.86. The normalized spacial score (nSPS) is 22.5. The average molecular weight is 227 g/mol. The number of halogens is 3. The fourth-order valence-electron chi connectivity index (χ4n) is 1.47. The van der Waals surface area contributed by atoms with E-state index >= 15 is 0 Å². The van der Waals surface area contributed by atoms with Crippen molar-refractivity contribution in [3.8, 4) is 0 Å². The first-order valence-electron chi connectivity index (χ1n) is 4.15. The second-order valence-electron chi connectivity index (χ2n) is 3.43. The van der Waals surface area contributed by atoms with Crippen LogP contribution >= 0.6 is 0 Å². The smallest absolute Gasteiger partial charge is 0.409 e. The van der Waals surface area contributed by atoms with E-state index in [1.165, 1.54) is 4.90 Å². The molecule has 1 rings (SSSR count). The Kier molecular flexibility index (Phi) is 3.10.